The SMILES string of the molecule is CC1CCc2c(sc(NC(=O)C(=O)NCCc3ccccc3)c2C#N)C1. The molecule has 0 spiro atoms. The van der Waals surface area contributed by atoms with E-state index in [2.05, 4.69) is 23.6 Å². The number of carbonyl (C=O) groups is 2. The Morgan fingerprint density at radius 3 is 2.77 bits per heavy atom. The number of fused-ring (bicyclic) bond motifs is 1. The molecule has 1 aromatic heterocycles. The van der Waals surface area contributed by atoms with Crippen LogP contribution in [0, 0.1) is 17.2 Å². The van der Waals surface area contributed by atoms with Gasteiger partial charge in [-0.15, -0.1) is 11.3 Å². The van der Waals surface area contributed by atoms with Crippen LogP contribution in [0.15, 0.2) is 30.3 Å². The molecule has 26 heavy (non-hydrogen) atoms. The molecular weight excluding hydrogens is 346 g/mol. The van der Waals surface area contributed by atoms with Crippen LogP contribution in [0.4, 0.5) is 5.00 Å². The highest BCUT2D eigenvalue weighted by atomic mass is 32.1. The summed E-state index contributed by atoms with van der Waals surface area (Å²) in [6.45, 7) is 2.58. The second-order valence-corrected chi connectivity index (χ2v) is 7.72. The average Bonchev–Trinajstić information content (AvgIpc) is 2.98. The molecular formula is C20H21N3O2S. The minimum absolute atomic E-state index is 0.389. The first-order chi connectivity index (χ1) is 12.6. The Kier molecular flexibility index (Phi) is 5.69. The monoisotopic (exact) mass is 367 g/mol. The molecule has 0 fully saturated rings. The summed E-state index contributed by atoms with van der Waals surface area (Å²) in [6.07, 6.45) is 3.49. The Morgan fingerprint density at radius 2 is 2.04 bits per heavy atom. The van der Waals surface area contributed by atoms with Gasteiger partial charge in [0.25, 0.3) is 0 Å². The number of benzene rings is 1. The zero-order valence-corrected chi connectivity index (χ0v) is 15.5. The fourth-order valence-electron chi connectivity index (χ4n) is 3.16. The smallest absolute Gasteiger partial charge is 0.314 e. The van der Waals surface area contributed by atoms with Crippen molar-refractivity contribution < 1.29 is 9.59 Å². The van der Waals surface area contributed by atoms with Crippen LogP contribution in [-0.4, -0.2) is 18.4 Å². The molecule has 1 unspecified atom stereocenters. The lowest BCUT2D eigenvalue weighted by Crippen LogP contribution is -2.36. The van der Waals surface area contributed by atoms with Gasteiger partial charge >= 0.3 is 11.8 Å². The van der Waals surface area contributed by atoms with E-state index < -0.39 is 11.8 Å². The highest BCUT2D eigenvalue weighted by Gasteiger charge is 2.25. The second kappa shape index (κ2) is 8.15. The number of hydrogen-bond acceptors (Lipinski definition) is 4. The predicted octanol–water partition coefficient (Wildman–Crippen LogP) is 3.04. The van der Waals surface area contributed by atoms with Gasteiger partial charge in [-0.2, -0.15) is 5.26 Å². The first-order valence-corrected chi connectivity index (χ1v) is 9.58. The molecule has 1 aliphatic rings. The van der Waals surface area contributed by atoms with Crippen LogP contribution in [-0.2, 0) is 28.9 Å². The van der Waals surface area contributed by atoms with Gasteiger partial charge in [-0.3, -0.25) is 9.59 Å². The van der Waals surface area contributed by atoms with Gasteiger partial charge < -0.3 is 10.6 Å². The van der Waals surface area contributed by atoms with E-state index in [1.165, 1.54) is 11.3 Å². The summed E-state index contributed by atoms with van der Waals surface area (Å²) >= 11 is 1.42. The molecule has 1 aromatic carbocycles. The molecule has 3 rings (SSSR count). The van der Waals surface area contributed by atoms with Gasteiger partial charge in [-0.05, 0) is 42.7 Å². The van der Waals surface area contributed by atoms with E-state index in [4.69, 9.17) is 0 Å². The highest BCUT2D eigenvalue weighted by molar-refractivity contribution is 7.16. The van der Waals surface area contributed by atoms with Crippen molar-refractivity contribution in [1.29, 1.82) is 5.26 Å². The van der Waals surface area contributed by atoms with Crippen LogP contribution in [0.5, 0.6) is 0 Å². The molecule has 0 saturated heterocycles. The van der Waals surface area contributed by atoms with Crippen LogP contribution in [0.25, 0.3) is 0 Å². The van der Waals surface area contributed by atoms with Crippen LogP contribution >= 0.6 is 11.3 Å². The summed E-state index contributed by atoms with van der Waals surface area (Å²) in [5.74, 6) is -0.816. The zero-order chi connectivity index (χ0) is 18.5. The third-order valence-corrected chi connectivity index (χ3v) is 5.77. The second-order valence-electron chi connectivity index (χ2n) is 6.61. The standard InChI is InChI=1S/C20H21N3O2S/c1-13-7-8-15-16(12-21)20(26-17(15)11-13)23-19(25)18(24)22-10-9-14-5-3-2-4-6-14/h2-6,13H,7-11H2,1H3,(H,22,24)(H,23,25). The summed E-state index contributed by atoms with van der Waals surface area (Å²) in [7, 11) is 0. The molecule has 1 heterocycles. The van der Waals surface area contributed by atoms with Crippen LogP contribution in [0.1, 0.15) is 34.9 Å². The van der Waals surface area contributed by atoms with Gasteiger partial charge in [0.05, 0.1) is 5.56 Å². The van der Waals surface area contributed by atoms with Crippen molar-refractivity contribution in [3.8, 4) is 6.07 Å². The molecule has 1 atom stereocenters. The highest BCUT2D eigenvalue weighted by Crippen LogP contribution is 2.39. The maximum atomic E-state index is 12.2. The number of anilines is 1. The zero-order valence-electron chi connectivity index (χ0n) is 14.7. The van der Waals surface area contributed by atoms with Crippen molar-refractivity contribution in [3.63, 3.8) is 0 Å². The summed E-state index contributed by atoms with van der Waals surface area (Å²) in [5, 5.41) is 15.2. The molecule has 0 saturated carbocycles. The number of nitrogens with one attached hydrogen (secondary N) is 2. The average molecular weight is 367 g/mol. The Labute approximate surface area is 157 Å². The lowest BCUT2D eigenvalue weighted by atomic mass is 9.89. The molecule has 1 aliphatic carbocycles. The minimum atomic E-state index is -0.721. The van der Waals surface area contributed by atoms with E-state index in [0.29, 0.717) is 29.4 Å². The van der Waals surface area contributed by atoms with Crippen molar-refractivity contribution in [2.75, 3.05) is 11.9 Å². The Morgan fingerprint density at radius 1 is 1.27 bits per heavy atom. The molecule has 2 N–H and O–H groups in total. The Bertz CT molecular complexity index is 852. The lowest BCUT2D eigenvalue weighted by Gasteiger charge is -2.17. The first kappa shape index (κ1) is 18.2. The normalized spacial score (nSPS) is 15.6. The maximum absolute atomic E-state index is 12.2. The number of hydrogen-bond donors (Lipinski definition) is 2. The van der Waals surface area contributed by atoms with Gasteiger partial charge in [0.2, 0.25) is 0 Å². The number of nitriles is 1. The largest absolute Gasteiger partial charge is 0.347 e. The van der Waals surface area contributed by atoms with E-state index in [-0.39, 0.29) is 0 Å². The lowest BCUT2D eigenvalue weighted by molar-refractivity contribution is -0.136. The number of thiophene rings is 1. The van der Waals surface area contributed by atoms with Gasteiger partial charge in [0.15, 0.2) is 0 Å². The Hall–Kier alpha value is -2.65. The van der Waals surface area contributed by atoms with Crippen molar-refractivity contribution in [1.82, 2.24) is 5.32 Å². The van der Waals surface area contributed by atoms with Crippen molar-refractivity contribution in [2.45, 2.75) is 32.6 Å². The van der Waals surface area contributed by atoms with Crippen molar-refractivity contribution in [2.24, 2.45) is 5.92 Å². The van der Waals surface area contributed by atoms with E-state index in [0.717, 1.165) is 35.3 Å². The molecule has 0 radical (unpaired) electrons. The van der Waals surface area contributed by atoms with Crippen molar-refractivity contribution in [3.05, 3.63) is 51.9 Å². The van der Waals surface area contributed by atoms with Gasteiger partial charge in [0, 0.05) is 11.4 Å². The fraction of sp³-hybridized carbons (Fsp3) is 0.350. The number of nitrogens with zero attached hydrogens (tertiary/aromatic N) is 1. The van der Waals surface area contributed by atoms with Gasteiger partial charge in [0.1, 0.15) is 11.1 Å². The molecule has 5 nitrogen and oxygen atoms in total. The molecule has 2 aromatic rings. The topological polar surface area (TPSA) is 82.0 Å². The summed E-state index contributed by atoms with van der Waals surface area (Å²) in [4.78, 5) is 25.4. The Balaban J connectivity index is 1.59. The summed E-state index contributed by atoms with van der Waals surface area (Å²) < 4.78 is 0. The number of amides is 2. The van der Waals surface area contributed by atoms with E-state index in [1.807, 2.05) is 30.3 Å². The fourth-order valence-corrected chi connectivity index (χ4v) is 4.52. The molecule has 6 heteroatoms. The summed E-state index contributed by atoms with van der Waals surface area (Å²) in [6, 6.07) is 11.9. The number of carbonyl (C=O) groups excluding carboxylic acids is 2. The van der Waals surface area contributed by atoms with Gasteiger partial charge in [-0.25, -0.2) is 0 Å². The quantitative estimate of drug-likeness (QED) is 0.815. The van der Waals surface area contributed by atoms with Crippen molar-refractivity contribution >= 4 is 28.2 Å². The third kappa shape index (κ3) is 4.12. The predicted molar refractivity (Wildman–Crippen MR) is 102 cm³/mol. The molecule has 134 valence electrons. The molecule has 0 aliphatic heterocycles. The van der Waals surface area contributed by atoms with Crippen LogP contribution < -0.4 is 10.6 Å². The minimum Gasteiger partial charge on any atom is -0.347 e. The van der Waals surface area contributed by atoms with E-state index in [1.54, 1.807) is 0 Å². The first-order valence-electron chi connectivity index (χ1n) is 8.76. The van der Waals surface area contributed by atoms with Gasteiger partial charge in [-0.1, -0.05) is 37.3 Å². The van der Waals surface area contributed by atoms with Crippen LogP contribution in [0.3, 0.4) is 0 Å². The van der Waals surface area contributed by atoms with Crippen LogP contribution in [0.2, 0.25) is 0 Å². The van der Waals surface area contributed by atoms with E-state index >= 15 is 0 Å². The summed E-state index contributed by atoms with van der Waals surface area (Å²) in [5.41, 5.74) is 2.65. The van der Waals surface area contributed by atoms with E-state index in [9.17, 15) is 14.9 Å². The maximum Gasteiger partial charge on any atom is 0.314 e. The molecule has 0 bridgehead atoms. The number of rotatable bonds is 4. The molecule has 2 amide bonds. The third-order valence-electron chi connectivity index (χ3n) is 4.60.